The van der Waals surface area contributed by atoms with Crippen molar-refractivity contribution >= 4 is 17.5 Å². The molecule has 0 saturated carbocycles. The van der Waals surface area contributed by atoms with Gasteiger partial charge in [-0.15, -0.1) is 11.6 Å². The maximum absolute atomic E-state index is 11.8. The van der Waals surface area contributed by atoms with E-state index in [0.29, 0.717) is 0 Å². The molecule has 0 bridgehead atoms. The second-order valence-corrected chi connectivity index (χ2v) is 4.66. The number of nitrogens with one attached hydrogen (secondary N) is 1. The Balaban J connectivity index is 2.62. The van der Waals surface area contributed by atoms with Gasteiger partial charge in [0.25, 0.3) is 0 Å². The quantitative estimate of drug-likeness (QED) is 0.771. The van der Waals surface area contributed by atoms with Crippen LogP contribution in [0.2, 0.25) is 0 Å². The lowest BCUT2D eigenvalue weighted by molar-refractivity contribution is -0.121. The number of rotatable bonds is 6. The Morgan fingerprint density at radius 2 is 1.94 bits per heavy atom. The van der Waals surface area contributed by atoms with Gasteiger partial charge in [-0.2, -0.15) is 0 Å². The van der Waals surface area contributed by atoms with Crippen LogP contribution < -0.4 is 5.32 Å². The van der Waals surface area contributed by atoms with Gasteiger partial charge in [0.2, 0.25) is 5.91 Å². The maximum Gasteiger partial charge on any atom is 0.238 e. The van der Waals surface area contributed by atoms with Crippen LogP contribution in [0, 0.1) is 0 Å². The minimum absolute atomic E-state index is 0.0572. The van der Waals surface area contributed by atoms with Crippen LogP contribution in [0.1, 0.15) is 44.7 Å². The molecule has 1 N–H and O–H groups in total. The van der Waals surface area contributed by atoms with E-state index in [2.05, 4.69) is 12.2 Å². The van der Waals surface area contributed by atoms with Crippen LogP contribution in [-0.4, -0.2) is 11.3 Å². The summed E-state index contributed by atoms with van der Waals surface area (Å²) in [5, 5.41) is 2.58. The van der Waals surface area contributed by atoms with Crippen LogP contribution in [0.3, 0.4) is 0 Å². The Kier molecular flexibility index (Phi) is 6.06. The minimum atomic E-state index is -0.419. The van der Waals surface area contributed by atoms with Gasteiger partial charge in [0.05, 0.1) is 6.04 Å². The molecular formula is C14H20ClNO. The summed E-state index contributed by atoms with van der Waals surface area (Å²) in [5.74, 6) is -0.0655. The number of hydrogen-bond acceptors (Lipinski definition) is 1. The van der Waals surface area contributed by atoms with E-state index in [0.717, 1.165) is 24.8 Å². The molecule has 0 aliphatic rings. The number of carbonyl (C=O) groups excluding carboxylic acids is 1. The first kappa shape index (κ1) is 14.0. The van der Waals surface area contributed by atoms with E-state index >= 15 is 0 Å². The summed E-state index contributed by atoms with van der Waals surface area (Å²) in [6.45, 7) is 4.08. The fourth-order valence-corrected chi connectivity index (χ4v) is 2.03. The van der Waals surface area contributed by atoms with Crippen molar-refractivity contribution in [3.05, 3.63) is 35.9 Å². The maximum atomic E-state index is 11.8. The highest BCUT2D eigenvalue weighted by atomic mass is 35.5. The SMILES string of the molecule is CCC[C@H](Cl)C(=O)N[C@@H](CC)c1ccccc1. The van der Waals surface area contributed by atoms with E-state index in [1.807, 2.05) is 37.3 Å². The zero-order valence-corrected chi connectivity index (χ0v) is 11.2. The lowest BCUT2D eigenvalue weighted by Gasteiger charge is -2.19. The zero-order chi connectivity index (χ0) is 12.7. The molecule has 2 atom stereocenters. The molecule has 0 spiro atoms. The molecule has 94 valence electrons. The number of alkyl halides is 1. The fourth-order valence-electron chi connectivity index (χ4n) is 1.75. The van der Waals surface area contributed by atoms with Crippen molar-refractivity contribution in [2.24, 2.45) is 0 Å². The highest BCUT2D eigenvalue weighted by Crippen LogP contribution is 2.17. The van der Waals surface area contributed by atoms with E-state index in [1.165, 1.54) is 0 Å². The molecule has 1 aromatic carbocycles. The molecule has 1 amide bonds. The van der Waals surface area contributed by atoms with Crippen molar-refractivity contribution in [2.45, 2.75) is 44.5 Å². The van der Waals surface area contributed by atoms with Crippen molar-refractivity contribution < 1.29 is 4.79 Å². The largest absolute Gasteiger partial charge is 0.348 e. The topological polar surface area (TPSA) is 29.1 Å². The number of hydrogen-bond donors (Lipinski definition) is 1. The van der Waals surface area contributed by atoms with Crippen LogP contribution in [0.25, 0.3) is 0 Å². The van der Waals surface area contributed by atoms with E-state index in [4.69, 9.17) is 11.6 Å². The van der Waals surface area contributed by atoms with Crippen LogP contribution in [0.15, 0.2) is 30.3 Å². The Labute approximate surface area is 108 Å². The molecule has 17 heavy (non-hydrogen) atoms. The molecule has 1 rings (SSSR count). The van der Waals surface area contributed by atoms with Gasteiger partial charge in [-0.3, -0.25) is 4.79 Å². The van der Waals surface area contributed by atoms with Gasteiger partial charge in [-0.25, -0.2) is 0 Å². The molecule has 0 radical (unpaired) electrons. The van der Waals surface area contributed by atoms with Gasteiger partial charge in [0.1, 0.15) is 5.38 Å². The molecule has 0 fully saturated rings. The lowest BCUT2D eigenvalue weighted by Crippen LogP contribution is -2.34. The van der Waals surface area contributed by atoms with E-state index in [-0.39, 0.29) is 11.9 Å². The third-order valence-corrected chi connectivity index (χ3v) is 3.17. The molecule has 2 nitrogen and oxygen atoms in total. The van der Waals surface area contributed by atoms with Crippen molar-refractivity contribution in [3.63, 3.8) is 0 Å². The highest BCUT2D eigenvalue weighted by molar-refractivity contribution is 6.30. The molecular weight excluding hydrogens is 234 g/mol. The summed E-state index contributed by atoms with van der Waals surface area (Å²) in [6, 6.07) is 10.0. The molecule has 0 aromatic heterocycles. The fraction of sp³-hybridized carbons (Fsp3) is 0.500. The molecule has 3 heteroatoms. The van der Waals surface area contributed by atoms with E-state index < -0.39 is 5.38 Å². The molecule has 1 aromatic rings. The average Bonchev–Trinajstić information content (AvgIpc) is 2.37. The number of carbonyl (C=O) groups is 1. The summed E-state index contributed by atoms with van der Waals surface area (Å²) >= 11 is 6.01. The predicted molar refractivity (Wildman–Crippen MR) is 72.2 cm³/mol. The smallest absolute Gasteiger partial charge is 0.238 e. The first-order valence-electron chi connectivity index (χ1n) is 6.18. The Morgan fingerprint density at radius 3 is 2.47 bits per heavy atom. The molecule has 0 unspecified atom stereocenters. The van der Waals surface area contributed by atoms with Crippen LogP contribution >= 0.6 is 11.6 Å². The van der Waals surface area contributed by atoms with E-state index in [1.54, 1.807) is 0 Å². The van der Waals surface area contributed by atoms with Crippen LogP contribution in [0.5, 0.6) is 0 Å². The molecule has 0 saturated heterocycles. The van der Waals surface area contributed by atoms with Gasteiger partial charge in [-0.05, 0) is 18.4 Å². The normalized spacial score (nSPS) is 14.1. The van der Waals surface area contributed by atoms with Crippen LogP contribution in [0.4, 0.5) is 0 Å². The third kappa shape index (κ3) is 4.39. The minimum Gasteiger partial charge on any atom is -0.348 e. The summed E-state index contributed by atoms with van der Waals surface area (Å²) in [5.41, 5.74) is 1.13. The van der Waals surface area contributed by atoms with E-state index in [9.17, 15) is 4.79 Å². The number of benzene rings is 1. The van der Waals surface area contributed by atoms with Crippen molar-refractivity contribution in [1.82, 2.24) is 5.32 Å². The van der Waals surface area contributed by atoms with Gasteiger partial charge in [0.15, 0.2) is 0 Å². The van der Waals surface area contributed by atoms with Gasteiger partial charge < -0.3 is 5.32 Å². The van der Waals surface area contributed by atoms with Gasteiger partial charge in [0, 0.05) is 0 Å². The molecule has 0 heterocycles. The second-order valence-electron chi connectivity index (χ2n) is 4.14. The standard InChI is InChI=1S/C14H20ClNO/c1-3-8-12(15)14(17)16-13(4-2)11-9-6-5-7-10-11/h5-7,9-10,12-13H,3-4,8H2,1-2H3,(H,16,17)/t12-,13-/m0/s1. The third-order valence-electron chi connectivity index (χ3n) is 2.75. The Hall–Kier alpha value is -1.02. The average molecular weight is 254 g/mol. The summed E-state index contributed by atoms with van der Waals surface area (Å²) in [6.07, 6.45) is 2.51. The summed E-state index contributed by atoms with van der Waals surface area (Å²) in [7, 11) is 0. The monoisotopic (exact) mass is 253 g/mol. The first-order valence-corrected chi connectivity index (χ1v) is 6.62. The number of halogens is 1. The summed E-state index contributed by atoms with van der Waals surface area (Å²) in [4.78, 5) is 11.8. The molecule has 0 aliphatic heterocycles. The van der Waals surface area contributed by atoms with Crippen LogP contribution in [-0.2, 0) is 4.79 Å². The second kappa shape index (κ2) is 7.33. The molecule has 0 aliphatic carbocycles. The zero-order valence-electron chi connectivity index (χ0n) is 10.4. The first-order chi connectivity index (χ1) is 8.19. The predicted octanol–water partition coefficient (Wildman–Crippen LogP) is 3.66. The Morgan fingerprint density at radius 1 is 1.29 bits per heavy atom. The Bertz CT molecular complexity index is 339. The lowest BCUT2D eigenvalue weighted by atomic mass is 10.0. The van der Waals surface area contributed by atoms with Gasteiger partial charge >= 0.3 is 0 Å². The van der Waals surface area contributed by atoms with Crippen molar-refractivity contribution in [1.29, 1.82) is 0 Å². The highest BCUT2D eigenvalue weighted by Gasteiger charge is 2.18. The number of amides is 1. The van der Waals surface area contributed by atoms with Crippen molar-refractivity contribution in [2.75, 3.05) is 0 Å². The summed E-state index contributed by atoms with van der Waals surface area (Å²) < 4.78 is 0. The van der Waals surface area contributed by atoms with Gasteiger partial charge in [-0.1, -0.05) is 50.6 Å². The van der Waals surface area contributed by atoms with Crippen molar-refractivity contribution in [3.8, 4) is 0 Å².